The van der Waals surface area contributed by atoms with E-state index >= 15 is 0 Å². The van der Waals surface area contributed by atoms with Gasteiger partial charge in [0.1, 0.15) is 0 Å². The fourth-order valence-corrected chi connectivity index (χ4v) is 2.71. The molecule has 2 aromatic rings. The molecule has 0 unspecified atom stereocenters. The van der Waals surface area contributed by atoms with E-state index in [1.807, 2.05) is 12.3 Å². The minimum absolute atomic E-state index is 0.864. The number of aryl methyl sites for hydroxylation is 1. The highest BCUT2D eigenvalue weighted by molar-refractivity contribution is 5.33. The van der Waals surface area contributed by atoms with Crippen molar-refractivity contribution in [3.05, 3.63) is 53.3 Å². The van der Waals surface area contributed by atoms with Gasteiger partial charge in [-0.15, -0.1) is 0 Å². The van der Waals surface area contributed by atoms with E-state index in [1.54, 1.807) is 0 Å². The zero-order valence-electron chi connectivity index (χ0n) is 12.5. The first-order chi connectivity index (χ1) is 10.3. The molecule has 110 valence electrons. The highest BCUT2D eigenvalue weighted by atomic mass is 15.3. The highest BCUT2D eigenvalue weighted by Crippen LogP contribution is 2.13. The molecule has 0 aliphatic carbocycles. The van der Waals surface area contributed by atoms with Crippen molar-refractivity contribution in [2.24, 2.45) is 0 Å². The van der Waals surface area contributed by atoms with Crippen LogP contribution in [0.1, 0.15) is 23.2 Å². The summed E-state index contributed by atoms with van der Waals surface area (Å²) in [6, 6.07) is 10.6. The van der Waals surface area contributed by atoms with Gasteiger partial charge in [0.05, 0.1) is 5.69 Å². The summed E-state index contributed by atoms with van der Waals surface area (Å²) in [5, 5.41) is 3.41. The number of nitrogens with zero attached hydrogens (tertiary/aromatic N) is 3. The fraction of sp³-hybridized carbons (Fsp3) is 0.412. The Hall–Kier alpha value is -1.94. The molecule has 0 amide bonds. The predicted octanol–water partition coefficient (Wildman–Crippen LogP) is 2.18. The molecule has 4 heteroatoms. The molecular formula is C17H22N4. The lowest BCUT2D eigenvalue weighted by Crippen LogP contribution is -2.29. The van der Waals surface area contributed by atoms with Crippen LogP contribution in [0.2, 0.25) is 0 Å². The third-order valence-electron chi connectivity index (χ3n) is 3.79. The van der Waals surface area contributed by atoms with E-state index in [1.165, 1.54) is 11.1 Å². The highest BCUT2D eigenvalue weighted by Gasteiger charge is 2.12. The molecule has 0 radical (unpaired) electrons. The normalized spacial score (nSPS) is 15.8. The van der Waals surface area contributed by atoms with Crippen molar-refractivity contribution in [3.63, 3.8) is 0 Å². The maximum atomic E-state index is 4.75. The lowest BCUT2D eigenvalue weighted by atomic mass is 10.1. The summed E-state index contributed by atoms with van der Waals surface area (Å²) in [5.41, 5.74) is 3.68. The zero-order valence-corrected chi connectivity index (χ0v) is 12.5. The molecule has 21 heavy (non-hydrogen) atoms. The average molecular weight is 282 g/mol. The molecule has 0 bridgehead atoms. The second kappa shape index (κ2) is 6.68. The van der Waals surface area contributed by atoms with Crippen LogP contribution in [0.5, 0.6) is 0 Å². The topological polar surface area (TPSA) is 41.1 Å². The van der Waals surface area contributed by atoms with Crippen molar-refractivity contribution in [2.45, 2.75) is 19.8 Å². The number of hydrogen-bond donors (Lipinski definition) is 1. The molecule has 0 saturated carbocycles. The van der Waals surface area contributed by atoms with Crippen LogP contribution in [0.15, 0.2) is 36.5 Å². The van der Waals surface area contributed by atoms with Gasteiger partial charge in [-0.25, -0.2) is 9.97 Å². The zero-order chi connectivity index (χ0) is 14.5. The summed E-state index contributed by atoms with van der Waals surface area (Å²) in [7, 11) is 0. The van der Waals surface area contributed by atoms with Crippen LogP contribution in [0.4, 0.5) is 5.95 Å². The monoisotopic (exact) mass is 282 g/mol. The summed E-state index contributed by atoms with van der Waals surface area (Å²) >= 11 is 0. The number of benzene rings is 1. The molecule has 1 aromatic carbocycles. The van der Waals surface area contributed by atoms with Crippen LogP contribution >= 0.6 is 0 Å². The molecule has 1 aliphatic rings. The predicted molar refractivity (Wildman–Crippen MR) is 85.7 cm³/mol. The second-order valence-corrected chi connectivity index (χ2v) is 5.60. The Kier molecular flexibility index (Phi) is 4.46. The summed E-state index contributed by atoms with van der Waals surface area (Å²) in [6.07, 6.45) is 3.89. The molecule has 1 N–H and O–H groups in total. The first kappa shape index (κ1) is 14.0. The Morgan fingerprint density at radius 3 is 3.05 bits per heavy atom. The maximum absolute atomic E-state index is 4.75. The number of aromatic nitrogens is 2. The number of rotatable bonds is 3. The molecule has 1 fully saturated rings. The summed E-state index contributed by atoms with van der Waals surface area (Å²) < 4.78 is 0. The Morgan fingerprint density at radius 2 is 2.14 bits per heavy atom. The smallest absolute Gasteiger partial charge is 0.225 e. The minimum Gasteiger partial charge on any atom is -0.339 e. The van der Waals surface area contributed by atoms with Crippen LogP contribution in [-0.4, -0.2) is 36.1 Å². The van der Waals surface area contributed by atoms with E-state index in [9.17, 15) is 0 Å². The van der Waals surface area contributed by atoms with E-state index in [4.69, 9.17) is 4.98 Å². The van der Waals surface area contributed by atoms with Crippen molar-refractivity contribution in [2.75, 3.05) is 31.1 Å². The molecule has 1 aliphatic heterocycles. The first-order valence-corrected chi connectivity index (χ1v) is 7.64. The van der Waals surface area contributed by atoms with Gasteiger partial charge in [-0.2, -0.15) is 0 Å². The summed E-state index contributed by atoms with van der Waals surface area (Å²) in [6.45, 7) is 6.22. The maximum Gasteiger partial charge on any atom is 0.225 e. The van der Waals surface area contributed by atoms with E-state index in [-0.39, 0.29) is 0 Å². The van der Waals surface area contributed by atoms with Crippen LogP contribution in [-0.2, 0) is 6.42 Å². The van der Waals surface area contributed by atoms with Crippen molar-refractivity contribution >= 4 is 5.95 Å². The number of nitrogens with one attached hydrogen (secondary N) is 1. The SMILES string of the molecule is Cc1cccc(Cc2ccnc(N3CCCNCC3)n2)c1. The van der Waals surface area contributed by atoms with Gasteiger partial charge in [0.2, 0.25) is 5.95 Å². The van der Waals surface area contributed by atoms with Gasteiger partial charge in [-0.1, -0.05) is 29.8 Å². The van der Waals surface area contributed by atoms with Crippen LogP contribution < -0.4 is 10.2 Å². The van der Waals surface area contributed by atoms with Gasteiger partial charge in [0, 0.05) is 32.3 Å². The van der Waals surface area contributed by atoms with Gasteiger partial charge >= 0.3 is 0 Å². The van der Waals surface area contributed by atoms with Gasteiger partial charge in [-0.05, 0) is 31.5 Å². The largest absolute Gasteiger partial charge is 0.339 e. The summed E-state index contributed by atoms with van der Waals surface area (Å²) in [4.78, 5) is 11.5. The van der Waals surface area contributed by atoms with E-state index in [0.29, 0.717) is 0 Å². The van der Waals surface area contributed by atoms with Crippen molar-refractivity contribution in [1.29, 1.82) is 0 Å². The van der Waals surface area contributed by atoms with Crippen LogP contribution in [0.3, 0.4) is 0 Å². The van der Waals surface area contributed by atoms with Crippen molar-refractivity contribution in [3.8, 4) is 0 Å². The first-order valence-electron chi connectivity index (χ1n) is 7.64. The summed E-state index contributed by atoms with van der Waals surface area (Å²) in [5.74, 6) is 0.865. The molecule has 0 atom stereocenters. The van der Waals surface area contributed by atoms with Crippen LogP contribution in [0, 0.1) is 6.92 Å². The standard InChI is InChI=1S/C17H22N4/c1-14-4-2-5-15(12-14)13-16-6-8-19-17(20-16)21-10-3-7-18-9-11-21/h2,4-6,8,12,18H,3,7,9-11,13H2,1H3. The Labute approximate surface area is 126 Å². The Bertz CT molecular complexity index is 589. The molecule has 1 saturated heterocycles. The average Bonchev–Trinajstić information content (AvgIpc) is 2.77. The number of hydrogen-bond acceptors (Lipinski definition) is 4. The molecule has 0 spiro atoms. The molecule has 1 aromatic heterocycles. The van der Waals surface area contributed by atoms with Gasteiger partial charge in [0.15, 0.2) is 0 Å². The molecule has 4 nitrogen and oxygen atoms in total. The number of anilines is 1. The van der Waals surface area contributed by atoms with E-state index in [0.717, 1.165) is 50.7 Å². The van der Waals surface area contributed by atoms with Gasteiger partial charge in [-0.3, -0.25) is 0 Å². The molecule has 3 rings (SSSR count). The molecule has 2 heterocycles. The van der Waals surface area contributed by atoms with Crippen molar-refractivity contribution < 1.29 is 0 Å². The fourth-order valence-electron chi connectivity index (χ4n) is 2.71. The van der Waals surface area contributed by atoms with Crippen molar-refractivity contribution in [1.82, 2.24) is 15.3 Å². The molecular weight excluding hydrogens is 260 g/mol. The lowest BCUT2D eigenvalue weighted by Gasteiger charge is -2.20. The Morgan fingerprint density at radius 1 is 1.19 bits per heavy atom. The third kappa shape index (κ3) is 3.79. The van der Waals surface area contributed by atoms with Crippen LogP contribution in [0.25, 0.3) is 0 Å². The minimum atomic E-state index is 0.864. The second-order valence-electron chi connectivity index (χ2n) is 5.60. The third-order valence-corrected chi connectivity index (χ3v) is 3.79. The van der Waals surface area contributed by atoms with Gasteiger partial charge < -0.3 is 10.2 Å². The Balaban J connectivity index is 1.76. The quantitative estimate of drug-likeness (QED) is 0.937. The van der Waals surface area contributed by atoms with E-state index < -0.39 is 0 Å². The van der Waals surface area contributed by atoms with Gasteiger partial charge in [0.25, 0.3) is 0 Å². The lowest BCUT2D eigenvalue weighted by molar-refractivity contribution is 0.724. The van der Waals surface area contributed by atoms with E-state index in [2.05, 4.69) is 46.4 Å².